The van der Waals surface area contributed by atoms with E-state index in [1.54, 1.807) is 0 Å². The van der Waals surface area contributed by atoms with Crippen LogP contribution in [0.25, 0.3) is 11.0 Å². The summed E-state index contributed by atoms with van der Waals surface area (Å²) < 4.78 is 1.97. The van der Waals surface area contributed by atoms with E-state index in [0.717, 1.165) is 22.2 Å². The molecule has 0 atom stereocenters. The van der Waals surface area contributed by atoms with Crippen molar-refractivity contribution in [2.45, 2.75) is 13.5 Å². The van der Waals surface area contributed by atoms with Gasteiger partial charge in [0.15, 0.2) is 0 Å². The summed E-state index contributed by atoms with van der Waals surface area (Å²) in [5, 5.41) is 3.63. The van der Waals surface area contributed by atoms with Gasteiger partial charge in [0.05, 0.1) is 17.6 Å². The van der Waals surface area contributed by atoms with E-state index in [-0.39, 0.29) is 5.91 Å². The van der Waals surface area contributed by atoms with Crippen molar-refractivity contribution in [1.82, 2.24) is 9.55 Å². The first-order valence-corrected chi connectivity index (χ1v) is 9.06. The molecule has 0 unspecified atom stereocenters. The zero-order chi connectivity index (χ0) is 18.8. The molecule has 4 nitrogen and oxygen atoms in total. The van der Waals surface area contributed by atoms with Crippen molar-refractivity contribution < 1.29 is 4.79 Å². The lowest BCUT2D eigenvalue weighted by atomic mass is 10.1. The first kappa shape index (κ1) is 17.3. The fourth-order valence-corrected chi connectivity index (χ4v) is 3.20. The number of aromatic nitrogens is 2. The highest BCUT2D eigenvalue weighted by Gasteiger charge is 2.15. The maximum Gasteiger partial charge on any atom is 0.257 e. The van der Waals surface area contributed by atoms with Gasteiger partial charge in [-0.15, -0.1) is 0 Å². The Morgan fingerprint density at radius 3 is 2.48 bits per heavy atom. The molecule has 0 fully saturated rings. The Hall–Kier alpha value is -3.11. The average molecular weight is 376 g/mol. The largest absolute Gasteiger partial charge is 0.305 e. The standard InChI is InChI=1S/C22H18ClN3O/c1-15-10-12-16(13-11-15)21(27)25-22-24-19-8-4-5-9-20(19)26(22)14-17-6-2-3-7-18(17)23/h2-13H,14H2,1H3,(H,24,25,27). The lowest BCUT2D eigenvalue weighted by Gasteiger charge is -2.11. The first-order chi connectivity index (χ1) is 13.1. The van der Waals surface area contributed by atoms with Crippen LogP contribution in [0.2, 0.25) is 5.02 Å². The van der Waals surface area contributed by atoms with Gasteiger partial charge in [-0.3, -0.25) is 10.1 Å². The van der Waals surface area contributed by atoms with Gasteiger partial charge >= 0.3 is 0 Å². The predicted molar refractivity (Wildman–Crippen MR) is 109 cm³/mol. The normalized spacial score (nSPS) is 10.9. The summed E-state index contributed by atoms with van der Waals surface area (Å²) in [7, 11) is 0. The minimum absolute atomic E-state index is 0.189. The van der Waals surface area contributed by atoms with Crippen molar-refractivity contribution in [3.63, 3.8) is 0 Å². The maximum atomic E-state index is 12.7. The fraction of sp³-hybridized carbons (Fsp3) is 0.0909. The van der Waals surface area contributed by atoms with E-state index in [0.29, 0.717) is 23.1 Å². The van der Waals surface area contributed by atoms with Crippen LogP contribution < -0.4 is 5.32 Å². The lowest BCUT2D eigenvalue weighted by molar-refractivity contribution is 0.102. The summed E-state index contributed by atoms with van der Waals surface area (Å²) in [4.78, 5) is 17.3. The Morgan fingerprint density at radius 1 is 1.00 bits per heavy atom. The summed E-state index contributed by atoms with van der Waals surface area (Å²) in [5.74, 6) is 0.312. The van der Waals surface area contributed by atoms with Crippen LogP contribution in [0.15, 0.2) is 72.8 Å². The molecular weight excluding hydrogens is 358 g/mol. The number of rotatable bonds is 4. The van der Waals surface area contributed by atoms with E-state index in [1.807, 2.05) is 84.3 Å². The van der Waals surface area contributed by atoms with Crippen molar-refractivity contribution in [2.24, 2.45) is 0 Å². The topological polar surface area (TPSA) is 46.9 Å². The molecule has 0 aliphatic heterocycles. The Labute approximate surface area is 162 Å². The number of nitrogens with one attached hydrogen (secondary N) is 1. The monoisotopic (exact) mass is 375 g/mol. The van der Waals surface area contributed by atoms with Crippen molar-refractivity contribution in [2.75, 3.05) is 5.32 Å². The number of anilines is 1. The molecule has 5 heteroatoms. The molecule has 0 spiro atoms. The Kier molecular flexibility index (Phi) is 4.65. The van der Waals surface area contributed by atoms with Crippen LogP contribution in [0.1, 0.15) is 21.5 Å². The molecule has 1 amide bonds. The van der Waals surface area contributed by atoms with Crippen LogP contribution in [-0.2, 0) is 6.54 Å². The molecule has 27 heavy (non-hydrogen) atoms. The molecule has 0 saturated carbocycles. The van der Waals surface area contributed by atoms with Gasteiger partial charge in [0.1, 0.15) is 0 Å². The second-order valence-corrected chi connectivity index (χ2v) is 6.83. The Bertz CT molecular complexity index is 1120. The molecule has 0 bridgehead atoms. The molecule has 0 aliphatic rings. The molecule has 4 rings (SSSR count). The predicted octanol–water partition coefficient (Wildman–Crippen LogP) is 5.30. The number of aryl methyl sites for hydroxylation is 1. The third-order valence-corrected chi connectivity index (χ3v) is 4.85. The van der Waals surface area contributed by atoms with Gasteiger partial charge in [-0.25, -0.2) is 4.98 Å². The lowest BCUT2D eigenvalue weighted by Crippen LogP contribution is -2.16. The highest BCUT2D eigenvalue weighted by atomic mass is 35.5. The second-order valence-electron chi connectivity index (χ2n) is 6.42. The zero-order valence-corrected chi connectivity index (χ0v) is 15.6. The van der Waals surface area contributed by atoms with Crippen molar-refractivity contribution in [1.29, 1.82) is 0 Å². The average Bonchev–Trinajstić information content (AvgIpc) is 3.01. The first-order valence-electron chi connectivity index (χ1n) is 8.68. The summed E-state index contributed by atoms with van der Waals surface area (Å²) in [6.45, 7) is 2.51. The minimum atomic E-state index is -0.189. The van der Waals surface area contributed by atoms with E-state index < -0.39 is 0 Å². The number of nitrogens with zero attached hydrogens (tertiary/aromatic N) is 2. The second kappa shape index (κ2) is 7.25. The van der Waals surface area contributed by atoms with Crippen LogP contribution in [0.4, 0.5) is 5.95 Å². The van der Waals surface area contributed by atoms with Crippen LogP contribution >= 0.6 is 11.6 Å². The molecule has 0 radical (unpaired) electrons. The highest BCUT2D eigenvalue weighted by Crippen LogP contribution is 2.24. The molecule has 3 aromatic carbocycles. The van der Waals surface area contributed by atoms with E-state index in [9.17, 15) is 4.79 Å². The number of halogens is 1. The van der Waals surface area contributed by atoms with Crippen LogP contribution in [-0.4, -0.2) is 15.5 Å². The van der Waals surface area contributed by atoms with E-state index in [1.165, 1.54) is 0 Å². The molecular formula is C22H18ClN3O. The molecule has 134 valence electrons. The number of hydrogen-bond acceptors (Lipinski definition) is 2. The van der Waals surface area contributed by atoms with Gasteiger partial charge in [-0.2, -0.15) is 0 Å². The van der Waals surface area contributed by atoms with Crippen LogP contribution in [0.5, 0.6) is 0 Å². The third-order valence-electron chi connectivity index (χ3n) is 4.48. The summed E-state index contributed by atoms with van der Waals surface area (Å²) in [5.41, 5.74) is 4.43. The van der Waals surface area contributed by atoms with Crippen LogP contribution in [0, 0.1) is 6.92 Å². The van der Waals surface area contributed by atoms with Gasteiger partial charge in [-0.1, -0.05) is 59.6 Å². The van der Waals surface area contributed by atoms with E-state index in [2.05, 4.69) is 10.3 Å². The van der Waals surface area contributed by atoms with Gasteiger partial charge in [0, 0.05) is 10.6 Å². The molecule has 4 aromatic rings. The number of fused-ring (bicyclic) bond motifs is 1. The number of amides is 1. The van der Waals surface area contributed by atoms with Gasteiger partial charge < -0.3 is 4.57 Å². The Balaban J connectivity index is 1.72. The van der Waals surface area contributed by atoms with Crippen molar-refractivity contribution >= 4 is 34.5 Å². The molecule has 0 aliphatic carbocycles. The number of para-hydroxylation sites is 2. The number of benzene rings is 3. The van der Waals surface area contributed by atoms with Gasteiger partial charge in [-0.05, 0) is 42.8 Å². The fourth-order valence-electron chi connectivity index (χ4n) is 3.01. The van der Waals surface area contributed by atoms with Crippen molar-refractivity contribution in [3.8, 4) is 0 Å². The Morgan fingerprint density at radius 2 is 1.70 bits per heavy atom. The zero-order valence-electron chi connectivity index (χ0n) is 14.8. The van der Waals surface area contributed by atoms with E-state index in [4.69, 9.17) is 11.6 Å². The summed E-state index contributed by atoms with van der Waals surface area (Å²) in [6.07, 6.45) is 0. The van der Waals surface area contributed by atoms with Crippen molar-refractivity contribution in [3.05, 3.63) is 94.5 Å². The number of carbonyl (C=O) groups is 1. The third kappa shape index (κ3) is 3.57. The highest BCUT2D eigenvalue weighted by molar-refractivity contribution is 6.31. The van der Waals surface area contributed by atoms with Gasteiger partial charge in [0.25, 0.3) is 5.91 Å². The SMILES string of the molecule is Cc1ccc(C(=O)Nc2nc3ccccc3n2Cc2ccccc2Cl)cc1. The number of carbonyl (C=O) groups excluding carboxylic acids is 1. The minimum Gasteiger partial charge on any atom is -0.305 e. The van der Waals surface area contributed by atoms with E-state index >= 15 is 0 Å². The summed E-state index contributed by atoms with van der Waals surface area (Å²) in [6, 6.07) is 23.0. The smallest absolute Gasteiger partial charge is 0.257 e. The summed E-state index contributed by atoms with van der Waals surface area (Å²) >= 11 is 6.34. The molecule has 1 N–H and O–H groups in total. The molecule has 0 saturated heterocycles. The molecule has 1 heterocycles. The van der Waals surface area contributed by atoms with Crippen LogP contribution in [0.3, 0.4) is 0 Å². The number of hydrogen-bond donors (Lipinski definition) is 1. The quantitative estimate of drug-likeness (QED) is 0.526. The maximum absolute atomic E-state index is 12.7. The van der Waals surface area contributed by atoms with Gasteiger partial charge in [0.2, 0.25) is 5.95 Å². The molecule has 1 aromatic heterocycles. The number of imidazole rings is 1.